The van der Waals surface area contributed by atoms with Gasteiger partial charge in [-0.3, -0.25) is 5.10 Å². The molecule has 0 amide bonds. The fourth-order valence-electron chi connectivity index (χ4n) is 2.97. The van der Waals surface area contributed by atoms with E-state index in [2.05, 4.69) is 27.0 Å². The smallest absolute Gasteiger partial charge is 0.244 e. The predicted molar refractivity (Wildman–Crippen MR) is 73.1 cm³/mol. The lowest BCUT2D eigenvalue weighted by Crippen LogP contribution is -2.36. The maximum atomic E-state index is 5.72. The van der Waals surface area contributed by atoms with Gasteiger partial charge in [0.1, 0.15) is 5.82 Å². The zero-order valence-corrected chi connectivity index (χ0v) is 11.5. The van der Waals surface area contributed by atoms with Crippen molar-refractivity contribution in [3.8, 4) is 0 Å². The van der Waals surface area contributed by atoms with Crippen LogP contribution in [0.25, 0.3) is 0 Å². The van der Waals surface area contributed by atoms with Crippen molar-refractivity contribution in [2.75, 3.05) is 31.1 Å². The Morgan fingerprint density at radius 1 is 1.42 bits per heavy atom. The van der Waals surface area contributed by atoms with E-state index in [4.69, 9.17) is 10.5 Å². The molecule has 2 aliphatic heterocycles. The van der Waals surface area contributed by atoms with Crippen molar-refractivity contribution in [1.82, 2.24) is 15.2 Å². The van der Waals surface area contributed by atoms with Crippen LogP contribution in [0.4, 0.5) is 5.95 Å². The molecular formula is C13H23N5O. The number of aromatic amines is 1. The third kappa shape index (κ3) is 2.74. The van der Waals surface area contributed by atoms with Crippen molar-refractivity contribution in [2.45, 2.75) is 38.2 Å². The molecule has 3 rings (SSSR count). The van der Waals surface area contributed by atoms with E-state index in [1.807, 2.05) is 0 Å². The van der Waals surface area contributed by atoms with Gasteiger partial charge in [0.15, 0.2) is 0 Å². The van der Waals surface area contributed by atoms with Crippen LogP contribution in [0.3, 0.4) is 0 Å². The van der Waals surface area contributed by atoms with E-state index in [0.717, 1.165) is 57.3 Å². The van der Waals surface area contributed by atoms with Crippen LogP contribution in [0.15, 0.2) is 0 Å². The molecule has 0 aliphatic carbocycles. The Labute approximate surface area is 113 Å². The van der Waals surface area contributed by atoms with Gasteiger partial charge in [0.2, 0.25) is 5.95 Å². The van der Waals surface area contributed by atoms with Crippen LogP contribution in [0.1, 0.15) is 37.9 Å². The number of aromatic nitrogens is 3. The molecule has 1 aromatic rings. The van der Waals surface area contributed by atoms with Crippen LogP contribution in [0.5, 0.6) is 0 Å². The molecule has 2 unspecified atom stereocenters. The third-order valence-corrected chi connectivity index (χ3v) is 4.31. The highest BCUT2D eigenvalue weighted by molar-refractivity contribution is 5.30. The lowest BCUT2D eigenvalue weighted by Gasteiger charge is -2.30. The van der Waals surface area contributed by atoms with Crippen molar-refractivity contribution < 1.29 is 4.74 Å². The number of piperidine rings is 1. The Hall–Kier alpha value is -1.14. The highest BCUT2D eigenvalue weighted by atomic mass is 16.5. The Balaban J connectivity index is 1.62. The molecule has 0 aromatic carbocycles. The minimum atomic E-state index is 0.332. The van der Waals surface area contributed by atoms with Crippen molar-refractivity contribution in [3.63, 3.8) is 0 Å². The van der Waals surface area contributed by atoms with Gasteiger partial charge in [0.05, 0.1) is 12.7 Å². The van der Waals surface area contributed by atoms with Crippen molar-refractivity contribution >= 4 is 5.95 Å². The number of nitrogens with two attached hydrogens (primary N) is 1. The molecule has 2 aliphatic rings. The quantitative estimate of drug-likeness (QED) is 0.847. The average Bonchev–Trinajstić information content (AvgIpc) is 3.07. The molecule has 3 N–H and O–H groups in total. The first kappa shape index (κ1) is 12.9. The number of hydrogen-bond donors (Lipinski definition) is 2. The number of nitrogens with one attached hydrogen (secondary N) is 1. The highest BCUT2D eigenvalue weighted by Gasteiger charge is 2.28. The Bertz CT molecular complexity index is 413. The van der Waals surface area contributed by atoms with Crippen LogP contribution in [0, 0.1) is 5.92 Å². The summed E-state index contributed by atoms with van der Waals surface area (Å²) in [6, 6.07) is 0. The monoisotopic (exact) mass is 265 g/mol. The van der Waals surface area contributed by atoms with Crippen LogP contribution in [-0.4, -0.2) is 47.5 Å². The van der Waals surface area contributed by atoms with Gasteiger partial charge in [0, 0.05) is 19.0 Å². The number of anilines is 1. The SMILES string of the molecule is CC1CC(c2nc(N3CCC(CN)CC3)n[nH]2)CO1. The van der Waals surface area contributed by atoms with E-state index >= 15 is 0 Å². The minimum absolute atomic E-state index is 0.332. The van der Waals surface area contributed by atoms with Gasteiger partial charge < -0.3 is 15.4 Å². The molecule has 0 saturated carbocycles. The fourth-order valence-corrected chi connectivity index (χ4v) is 2.97. The van der Waals surface area contributed by atoms with Gasteiger partial charge in [-0.05, 0) is 38.6 Å². The molecule has 19 heavy (non-hydrogen) atoms. The summed E-state index contributed by atoms with van der Waals surface area (Å²) >= 11 is 0. The van der Waals surface area contributed by atoms with Crippen LogP contribution in [0.2, 0.25) is 0 Å². The minimum Gasteiger partial charge on any atom is -0.378 e. The van der Waals surface area contributed by atoms with Gasteiger partial charge in [-0.25, -0.2) is 0 Å². The van der Waals surface area contributed by atoms with Gasteiger partial charge >= 0.3 is 0 Å². The lowest BCUT2D eigenvalue weighted by atomic mass is 9.97. The van der Waals surface area contributed by atoms with Crippen LogP contribution < -0.4 is 10.6 Å². The first-order valence-corrected chi connectivity index (χ1v) is 7.25. The molecule has 0 spiro atoms. The second-order valence-corrected chi connectivity index (χ2v) is 5.76. The van der Waals surface area contributed by atoms with E-state index in [-0.39, 0.29) is 0 Å². The van der Waals surface area contributed by atoms with E-state index in [9.17, 15) is 0 Å². The molecule has 0 bridgehead atoms. The highest BCUT2D eigenvalue weighted by Crippen LogP contribution is 2.28. The van der Waals surface area contributed by atoms with Crippen LogP contribution >= 0.6 is 0 Å². The zero-order chi connectivity index (χ0) is 13.2. The first-order valence-electron chi connectivity index (χ1n) is 7.25. The number of ether oxygens (including phenoxy) is 1. The molecule has 6 nitrogen and oxygen atoms in total. The van der Waals surface area contributed by atoms with Gasteiger partial charge in [0.25, 0.3) is 0 Å². The summed E-state index contributed by atoms with van der Waals surface area (Å²) in [6.07, 6.45) is 3.65. The van der Waals surface area contributed by atoms with Crippen molar-refractivity contribution in [1.29, 1.82) is 0 Å². The molecule has 2 atom stereocenters. The molecule has 1 aromatic heterocycles. The molecule has 3 heterocycles. The Kier molecular flexibility index (Phi) is 3.70. The maximum Gasteiger partial charge on any atom is 0.244 e. The summed E-state index contributed by atoms with van der Waals surface area (Å²) in [5, 5.41) is 7.45. The second kappa shape index (κ2) is 5.46. The Morgan fingerprint density at radius 3 is 2.84 bits per heavy atom. The number of H-pyrrole nitrogens is 1. The molecule has 2 fully saturated rings. The largest absolute Gasteiger partial charge is 0.378 e. The van der Waals surface area contributed by atoms with E-state index in [1.54, 1.807) is 0 Å². The summed E-state index contributed by atoms with van der Waals surface area (Å²) in [5.74, 6) is 2.85. The fraction of sp³-hybridized carbons (Fsp3) is 0.846. The van der Waals surface area contributed by atoms with Crippen molar-refractivity contribution in [2.24, 2.45) is 11.7 Å². The van der Waals surface area contributed by atoms with E-state index < -0.39 is 0 Å². The summed E-state index contributed by atoms with van der Waals surface area (Å²) in [7, 11) is 0. The van der Waals surface area contributed by atoms with Gasteiger partial charge in [-0.15, -0.1) is 5.10 Å². The summed E-state index contributed by atoms with van der Waals surface area (Å²) in [6.45, 7) is 5.68. The molecule has 106 valence electrons. The first-order chi connectivity index (χ1) is 9.26. The van der Waals surface area contributed by atoms with E-state index in [1.165, 1.54) is 0 Å². The molecule has 6 heteroatoms. The van der Waals surface area contributed by atoms with Crippen LogP contribution in [-0.2, 0) is 4.74 Å². The molecule has 0 radical (unpaired) electrons. The number of nitrogens with zero attached hydrogens (tertiary/aromatic N) is 3. The molecule has 2 saturated heterocycles. The summed E-state index contributed by atoms with van der Waals surface area (Å²) in [4.78, 5) is 6.90. The zero-order valence-electron chi connectivity index (χ0n) is 11.5. The second-order valence-electron chi connectivity index (χ2n) is 5.76. The van der Waals surface area contributed by atoms with E-state index in [0.29, 0.717) is 17.9 Å². The summed E-state index contributed by atoms with van der Waals surface area (Å²) < 4.78 is 5.59. The maximum absolute atomic E-state index is 5.72. The summed E-state index contributed by atoms with van der Waals surface area (Å²) in [5.41, 5.74) is 5.72. The van der Waals surface area contributed by atoms with Gasteiger partial charge in [-0.1, -0.05) is 0 Å². The standard InChI is InChI=1S/C13H23N5O/c1-9-6-11(8-19-9)12-15-13(17-16-12)18-4-2-10(7-14)3-5-18/h9-11H,2-8,14H2,1H3,(H,15,16,17). The molecular weight excluding hydrogens is 242 g/mol. The lowest BCUT2D eigenvalue weighted by molar-refractivity contribution is 0.123. The van der Waals surface area contributed by atoms with Crippen molar-refractivity contribution in [3.05, 3.63) is 5.82 Å². The average molecular weight is 265 g/mol. The predicted octanol–water partition coefficient (Wildman–Crippen LogP) is 0.872. The third-order valence-electron chi connectivity index (χ3n) is 4.31. The topological polar surface area (TPSA) is 80.1 Å². The van der Waals surface area contributed by atoms with Gasteiger partial charge in [-0.2, -0.15) is 4.98 Å². The number of hydrogen-bond acceptors (Lipinski definition) is 5. The normalized spacial score (nSPS) is 29.1. The Morgan fingerprint density at radius 2 is 2.21 bits per heavy atom. The number of rotatable bonds is 3.